The Morgan fingerprint density at radius 2 is 1.12 bits per heavy atom. The molecule has 0 bridgehead atoms. The maximum absolute atomic E-state index is 3.63. The molecular weight excluding hydrogens is 180 g/mol. The maximum Gasteiger partial charge on any atom is -0.147 e. The van der Waals surface area contributed by atoms with Crippen LogP contribution in [0.15, 0.2) is 34.5 Å². The first-order valence-electron chi connectivity index (χ1n) is 2.09. The van der Waals surface area contributed by atoms with Crippen molar-refractivity contribution in [2.45, 2.75) is 0 Å². The second kappa shape index (κ2) is 7.05. The van der Waals surface area contributed by atoms with E-state index in [2.05, 4.69) is 19.7 Å². The van der Waals surface area contributed by atoms with Crippen LogP contribution in [0.3, 0.4) is 0 Å². The third kappa shape index (κ3) is 4.22. The standard InChI is InChI=1S/C6H9Ge.ClH/c1-4-7(5-2)6-3;/h4-6H,1-3H2;1H. The maximum atomic E-state index is 3.63. The van der Waals surface area contributed by atoms with Gasteiger partial charge in [-0.3, -0.25) is 0 Å². The molecule has 2 heteroatoms. The molecule has 0 saturated carbocycles. The van der Waals surface area contributed by atoms with Crippen LogP contribution in [0.25, 0.3) is 0 Å². The van der Waals surface area contributed by atoms with Crippen molar-refractivity contribution >= 4 is 26.8 Å². The van der Waals surface area contributed by atoms with Crippen molar-refractivity contribution in [3.05, 3.63) is 34.5 Å². The van der Waals surface area contributed by atoms with Gasteiger partial charge < -0.3 is 0 Å². The summed E-state index contributed by atoms with van der Waals surface area (Å²) in [6, 6.07) is 0. The fourth-order valence-corrected chi connectivity index (χ4v) is 1.30. The molecule has 0 aliphatic heterocycles. The molecule has 45 valence electrons. The van der Waals surface area contributed by atoms with E-state index in [0.717, 1.165) is 0 Å². The van der Waals surface area contributed by atoms with Crippen LogP contribution in [-0.4, -0.2) is 14.3 Å². The molecule has 0 aliphatic rings. The molecule has 0 amide bonds. The third-order valence-corrected chi connectivity index (χ3v) is 3.67. The van der Waals surface area contributed by atoms with Crippen molar-refractivity contribution in [3.63, 3.8) is 0 Å². The Labute approximate surface area is 61.5 Å². The summed E-state index contributed by atoms with van der Waals surface area (Å²) in [7, 11) is 0. The molecule has 0 fully saturated rings. The molecule has 0 aliphatic carbocycles. The molecule has 0 N–H and O–H groups in total. The molecular formula is C6H10ClGe. The predicted octanol–water partition coefficient (Wildman–Crippen LogP) is 2.08. The van der Waals surface area contributed by atoms with Crippen LogP contribution < -0.4 is 0 Å². The zero-order valence-electron chi connectivity index (χ0n) is 4.76. The van der Waals surface area contributed by atoms with Crippen molar-refractivity contribution in [1.82, 2.24) is 0 Å². The van der Waals surface area contributed by atoms with Gasteiger partial charge in [0.1, 0.15) is 0 Å². The Morgan fingerprint density at radius 3 is 1.12 bits per heavy atom. The minimum absolute atomic E-state index is 0. The predicted molar refractivity (Wildman–Crippen MR) is 43.6 cm³/mol. The molecule has 0 aromatic rings. The second-order valence-electron chi connectivity index (χ2n) is 1.11. The summed E-state index contributed by atoms with van der Waals surface area (Å²) in [5, 5.41) is 0. The van der Waals surface area contributed by atoms with Gasteiger partial charge in [-0.15, -0.1) is 12.4 Å². The van der Waals surface area contributed by atoms with Gasteiger partial charge >= 0.3 is 48.8 Å². The first-order valence-corrected chi connectivity index (χ1v) is 5.72. The average Bonchev–Trinajstić information content (AvgIpc) is 1.72. The number of rotatable bonds is 3. The topological polar surface area (TPSA) is 0 Å². The Balaban J connectivity index is 0. The second-order valence-corrected chi connectivity index (χ2v) is 5.78. The quantitative estimate of drug-likeness (QED) is 0.598. The molecule has 0 spiro atoms. The Kier molecular flexibility index (Phi) is 9.64. The van der Waals surface area contributed by atoms with E-state index in [-0.39, 0.29) is 12.4 Å². The Morgan fingerprint density at radius 1 is 0.875 bits per heavy atom. The number of hydrogen-bond acceptors (Lipinski definition) is 0. The molecule has 0 rings (SSSR count). The fourth-order valence-electron chi connectivity index (χ4n) is 0.250. The molecule has 0 atom stereocenters. The summed E-state index contributed by atoms with van der Waals surface area (Å²) >= 11 is -1.11. The van der Waals surface area contributed by atoms with Crippen LogP contribution in [0.1, 0.15) is 0 Å². The van der Waals surface area contributed by atoms with Crippen LogP contribution in [0, 0.1) is 0 Å². The molecule has 0 aromatic carbocycles. The van der Waals surface area contributed by atoms with Crippen LogP contribution in [0.4, 0.5) is 0 Å². The van der Waals surface area contributed by atoms with Crippen molar-refractivity contribution in [3.8, 4) is 0 Å². The van der Waals surface area contributed by atoms with Crippen molar-refractivity contribution in [2.24, 2.45) is 0 Å². The Bertz CT molecular complexity index is 69.5. The number of hydrogen-bond donors (Lipinski definition) is 0. The van der Waals surface area contributed by atoms with E-state index in [9.17, 15) is 0 Å². The van der Waals surface area contributed by atoms with Gasteiger partial charge in [0.25, 0.3) is 0 Å². The van der Waals surface area contributed by atoms with Gasteiger partial charge in [0.05, 0.1) is 0 Å². The molecule has 1 radical (unpaired) electrons. The van der Waals surface area contributed by atoms with E-state index in [1.165, 1.54) is 0 Å². The van der Waals surface area contributed by atoms with Gasteiger partial charge in [0.2, 0.25) is 0 Å². The summed E-state index contributed by atoms with van der Waals surface area (Å²) in [5.41, 5.74) is 0. The number of halogens is 1. The van der Waals surface area contributed by atoms with Crippen LogP contribution in [-0.2, 0) is 0 Å². The van der Waals surface area contributed by atoms with Crippen LogP contribution in [0.2, 0.25) is 0 Å². The Hall–Kier alpha value is 0.0529. The molecule has 0 aromatic heterocycles. The summed E-state index contributed by atoms with van der Waals surface area (Å²) < 4.78 is 0. The SMILES string of the molecule is C=[CH][Ge]([CH]=C)[CH]=C.Cl. The van der Waals surface area contributed by atoms with Gasteiger partial charge in [-0.25, -0.2) is 0 Å². The molecule has 8 heavy (non-hydrogen) atoms. The van der Waals surface area contributed by atoms with E-state index in [0.29, 0.717) is 0 Å². The minimum atomic E-state index is -1.11. The summed E-state index contributed by atoms with van der Waals surface area (Å²) in [5.74, 6) is 0. The van der Waals surface area contributed by atoms with Gasteiger partial charge in [-0.05, 0) is 0 Å². The largest absolute Gasteiger partial charge is 0.147 e. The van der Waals surface area contributed by atoms with Crippen molar-refractivity contribution < 1.29 is 0 Å². The normalized spacial score (nSPS) is 7.12. The monoisotopic (exact) mass is 191 g/mol. The fraction of sp³-hybridized carbons (Fsp3) is 0. The van der Waals surface area contributed by atoms with Gasteiger partial charge in [-0.2, -0.15) is 0 Å². The zero-order valence-corrected chi connectivity index (χ0v) is 7.68. The summed E-state index contributed by atoms with van der Waals surface area (Å²) in [6.45, 7) is 10.9. The third-order valence-electron chi connectivity index (χ3n) is 0.707. The van der Waals surface area contributed by atoms with Gasteiger partial charge in [-0.1, -0.05) is 0 Å². The van der Waals surface area contributed by atoms with Crippen LogP contribution in [0.5, 0.6) is 0 Å². The summed E-state index contributed by atoms with van der Waals surface area (Å²) in [4.78, 5) is 5.88. The first kappa shape index (κ1) is 10.9. The first-order chi connectivity index (χ1) is 3.35. The summed E-state index contributed by atoms with van der Waals surface area (Å²) in [6.07, 6.45) is 0. The van der Waals surface area contributed by atoms with E-state index < -0.39 is 14.3 Å². The average molecular weight is 190 g/mol. The van der Waals surface area contributed by atoms with Crippen molar-refractivity contribution in [1.29, 1.82) is 0 Å². The van der Waals surface area contributed by atoms with E-state index in [4.69, 9.17) is 0 Å². The smallest absolute Gasteiger partial charge is 0.147 e. The zero-order chi connectivity index (χ0) is 5.70. The molecule has 0 heterocycles. The van der Waals surface area contributed by atoms with Crippen LogP contribution >= 0.6 is 12.4 Å². The van der Waals surface area contributed by atoms with Crippen molar-refractivity contribution in [2.75, 3.05) is 0 Å². The molecule has 0 nitrogen and oxygen atoms in total. The minimum Gasteiger partial charge on any atom is -0.147 e. The van der Waals surface area contributed by atoms with E-state index in [1.807, 2.05) is 14.7 Å². The van der Waals surface area contributed by atoms with Gasteiger partial charge in [0.15, 0.2) is 0 Å². The molecule has 0 unspecified atom stereocenters. The van der Waals surface area contributed by atoms with E-state index >= 15 is 0 Å². The molecule has 0 saturated heterocycles. The van der Waals surface area contributed by atoms with Gasteiger partial charge in [0, 0.05) is 0 Å². The van der Waals surface area contributed by atoms with E-state index in [1.54, 1.807) is 0 Å².